The molecule has 2 N–H and O–H groups in total. The molecule has 17 heavy (non-hydrogen) atoms. The molecule has 1 unspecified atom stereocenters. The van der Waals surface area contributed by atoms with E-state index in [0.29, 0.717) is 5.92 Å². The summed E-state index contributed by atoms with van der Waals surface area (Å²) in [7, 11) is 1.78. The average molecular weight is 234 g/mol. The molecule has 1 aromatic rings. The molecule has 0 amide bonds. The molecule has 1 aromatic carbocycles. The lowest BCUT2D eigenvalue weighted by Crippen LogP contribution is -2.21. The Balaban J connectivity index is 1.91. The van der Waals surface area contributed by atoms with Crippen LogP contribution in [-0.2, 0) is 11.3 Å². The fourth-order valence-corrected chi connectivity index (χ4v) is 2.47. The fourth-order valence-electron chi connectivity index (χ4n) is 2.47. The normalized spacial score (nSPS) is 20.9. The zero-order valence-electron chi connectivity index (χ0n) is 10.8. The molecule has 2 rings (SSSR count). The summed E-state index contributed by atoms with van der Waals surface area (Å²) in [5, 5.41) is 0. The van der Waals surface area contributed by atoms with E-state index in [1.54, 1.807) is 7.11 Å². The van der Waals surface area contributed by atoms with Crippen molar-refractivity contribution in [1.82, 2.24) is 4.90 Å². The summed E-state index contributed by atoms with van der Waals surface area (Å²) >= 11 is 0. The zero-order valence-corrected chi connectivity index (χ0v) is 10.8. The van der Waals surface area contributed by atoms with Crippen LogP contribution in [0.4, 0.5) is 5.69 Å². The third kappa shape index (κ3) is 3.20. The largest absolute Gasteiger partial charge is 0.399 e. The molecular formula is C14H22N2O. The maximum absolute atomic E-state index is 5.93. The maximum Gasteiger partial charge on any atom is 0.0503 e. The second kappa shape index (κ2) is 5.52. The van der Waals surface area contributed by atoms with Gasteiger partial charge in [0.15, 0.2) is 0 Å². The fraction of sp³-hybridized carbons (Fsp3) is 0.571. The number of hydrogen-bond acceptors (Lipinski definition) is 3. The number of benzene rings is 1. The van der Waals surface area contributed by atoms with E-state index in [0.717, 1.165) is 30.9 Å². The predicted octanol–water partition coefficient (Wildman–Crippen LogP) is 2.05. The minimum Gasteiger partial charge on any atom is -0.399 e. The van der Waals surface area contributed by atoms with Crippen molar-refractivity contribution in [2.24, 2.45) is 5.92 Å². The smallest absolute Gasteiger partial charge is 0.0503 e. The third-order valence-electron chi connectivity index (χ3n) is 3.52. The van der Waals surface area contributed by atoms with Crippen molar-refractivity contribution in [3.8, 4) is 0 Å². The first-order chi connectivity index (χ1) is 8.19. The van der Waals surface area contributed by atoms with Gasteiger partial charge in [0.1, 0.15) is 0 Å². The highest BCUT2D eigenvalue weighted by atomic mass is 16.5. The second-order valence-electron chi connectivity index (χ2n) is 5.04. The Hall–Kier alpha value is -1.06. The van der Waals surface area contributed by atoms with Gasteiger partial charge in [-0.3, -0.25) is 4.90 Å². The van der Waals surface area contributed by atoms with Crippen LogP contribution in [0.25, 0.3) is 0 Å². The minimum absolute atomic E-state index is 0.697. The first kappa shape index (κ1) is 12.4. The molecule has 1 atom stereocenters. The molecule has 0 aliphatic carbocycles. The van der Waals surface area contributed by atoms with Gasteiger partial charge in [-0.15, -0.1) is 0 Å². The Bertz CT molecular complexity index is 378. The van der Waals surface area contributed by atoms with Crippen molar-refractivity contribution in [1.29, 1.82) is 0 Å². The van der Waals surface area contributed by atoms with Crippen LogP contribution in [-0.4, -0.2) is 31.7 Å². The molecule has 1 aliphatic rings. The van der Waals surface area contributed by atoms with E-state index in [1.165, 1.54) is 18.5 Å². The van der Waals surface area contributed by atoms with E-state index in [4.69, 9.17) is 10.5 Å². The summed E-state index contributed by atoms with van der Waals surface area (Å²) in [5.41, 5.74) is 9.30. The number of aryl methyl sites for hydroxylation is 1. The van der Waals surface area contributed by atoms with Gasteiger partial charge in [0.25, 0.3) is 0 Å². The molecule has 1 saturated heterocycles. The lowest BCUT2D eigenvalue weighted by molar-refractivity contribution is 0.152. The topological polar surface area (TPSA) is 38.5 Å². The van der Waals surface area contributed by atoms with Crippen molar-refractivity contribution < 1.29 is 4.74 Å². The van der Waals surface area contributed by atoms with E-state index in [9.17, 15) is 0 Å². The van der Waals surface area contributed by atoms with Gasteiger partial charge in [-0.1, -0.05) is 12.1 Å². The van der Waals surface area contributed by atoms with Crippen LogP contribution in [0.1, 0.15) is 17.5 Å². The Morgan fingerprint density at radius 2 is 2.29 bits per heavy atom. The van der Waals surface area contributed by atoms with Crippen LogP contribution in [0, 0.1) is 12.8 Å². The molecule has 0 saturated carbocycles. The van der Waals surface area contributed by atoms with Gasteiger partial charge in [-0.25, -0.2) is 0 Å². The van der Waals surface area contributed by atoms with Gasteiger partial charge in [0.05, 0.1) is 6.61 Å². The van der Waals surface area contributed by atoms with Gasteiger partial charge in [-0.05, 0) is 43.0 Å². The van der Waals surface area contributed by atoms with E-state index in [2.05, 4.69) is 23.1 Å². The molecular weight excluding hydrogens is 212 g/mol. The standard InChI is InChI=1S/C14H22N2O/c1-11-3-4-12(7-14(11)15)8-16-6-5-13(9-16)10-17-2/h3-4,7,13H,5-6,8-10,15H2,1-2H3. The molecule has 1 fully saturated rings. The van der Waals surface area contributed by atoms with Gasteiger partial charge in [0, 0.05) is 25.9 Å². The van der Waals surface area contributed by atoms with E-state index in [1.807, 2.05) is 6.92 Å². The van der Waals surface area contributed by atoms with Crippen molar-refractivity contribution in [3.05, 3.63) is 29.3 Å². The van der Waals surface area contributed by atoms with Crippen molar-refractivity contribution >= 4 is 5.69 Å². The Morgan fingerprint density at radius 3 is 3.00 bits per heavy atom. The quantitative estimate of drug-likeness (QED) is 0.810. The Labute approximate surface area is 104 Å². The SMILES string of the molecule is COCC1CCN(Cc2ccc(C)c(N)c2)C1. The molecule has 3 nitrogen and oxygen atoms in total. The number of ether oxygens (including phenoxy) is 1. The second-order valence-corrected chi connectivity index (χ2v) is 5.04. The van der Waals surface area contributed by atoms with E-state index >= 15 is 0 Å². The summed E-state index contributed by atoms with van der Waals surface area (Å²) in [6.45, 7) is 6.24. The van der Waals surface area contributed by atoms with Crippen LogP contribution in [0.2, 0.25) is 0 Å². The number of nitrogen functional groups attached to an aromatic ring is 1. The van der Waals surface area contributed by atoms with E-state index < -0.39 is 0 Å². The molecule has 94 valence electrons. The summed E-state index contributed by atoms with van der Waals surface area (Å²) in [5.74, 6) is 0.697. The van der Waals surface area contributed by atoms with Gasteiger partial charge < -0.3 is 10.5 Å². The average Bonchev–Trinajstić information content (AvgIpc) is 2.72. The number of likely N-dealkylation sites (tertiary alicyclic amines) is 1. The predicted molar refractivity (Wildman–Crippen MR) is 70.9 cm³/mol. The Kier molecular flexibility index (Phi) is 4.02. The van der Waals surface area contributed by atoms with Crippen molar-refractivity contribution in [3.63, 3.8) is 0 Å². The van der Waals surface area contributed by atoms with Gasteiger partial charge in [-0.2, -0.15) is 0 Å². The number of nitrogens with two attached hydrogens (primary N) is 1. The molecule has 0 spiro atoms. The van der Waals surface area contributed by atoms with Gasteiger partial charge in [0.2, 0.25) is 0 Å². The molecule has 3 heteroatoms. The molecule has 1 heterocycles. The zero-order chi connectivity index (χ0) is 12.3. The highest BCUT2D eigenvalue weighted by Crippen LogP contribution is 2.20. The molecule has 0 radical (unpaired) electrons. The number of nitrogens with zero attached hydrogens (tertiary/aromatic N) is 1. The highest BCUT2D eigenvalue weighted by Gasteiger charge is 2.22. The molecule has 0 bridgehead atoms. The summed E-state index contributed by atoms with van der Waals surface area (Å²) < 4.78 is 5.21. The van der Waals surface area contributed by atoms with E-state index in [-0.39, 0.29) is 0 Å². The maximum atomic E-state index is 5.93. The summed E-state index contributed by atoms with van der Waals surface area (Å²) in [4.78, 5) is 2.48. The summed E-state index contributed by atoms with van der Waals surface area (Å²) in [6.07, 6.45) is 1.25. The lowest BCUT2D eigenvalue weighted by atomic mass is 10.1. The third-order valence-corrected chi connectivity index (χ3v) is 3.52. The minimum atomic E-state index is 0.697. The Morgan fingerprint density at radius 1 is 1.47 bits per heavy atom. The molecule has 0 aromatic heterocycles. The lowest BCUT2D eigenvalue weighted by Gasteiger charge is -2.16. The number of rotatable bonds is 4. The first-order valence-electron chi connectivity index (χ1n) is 6.25. The highest BCUT2D eigenvalue weighted by molar-refractivity contribution is 5.48. The van der Waals surface area contributed by atoms with Crippen molar-refractivity contribution in [2.75, 3.05) is 32.5 Å². The number of anilines is 1. The van der Waals surface area contributed by atoms with Gasteiger partial charge >= 0.3 is 0 Å². The van der Waals surface area contributed by atoms with Crippen LogP contribution in [0.5, 0.6) is 0 Å². The van der Waals surface area contributed by atoms with Crippen LogP contribution in [0.15, 0.2) is 18.2 Å². The number of methoxy groups -OCH3 is 1. The van der Waals surface area contributed by atoms with Crippen LogP contribution >= 0.6 is 0 Å². The molecule has 1 aliphatic heterocycles. The monoisotopic (exact) mass is 234 g/mol. The van der Waals surface area contributed by atoms with Crippen molar-refractivity contribution in [2.45, 2.75) is 19.9 Å². The van der Waals surface area contributed by atoms with Crippen LogP contribution < -0.4 is 5.73 Å². The summed E-state index contributed by atoms with van der Waals surface area (Å²) in [6, 6.07) is 6.38. The first-order valence-corrected chi connectivity index (χ1v) is 6.25. The van der Waals surface area contributed by atoms with Crippen LogP contribution in [0.3, 0.4) is 0 Å². The number of hydrogen-bond donors (Lipinski definition) is 1.